The molecule has 0 aliphatic heterocycles. The highest BCUT2D eigenvalue weighted by molar-refractivity contribution is 6.42. The third kappa shape index (κ3) is 3.03. The fraction of sp³-hybridized carbons (Fsp3) is 0.167. The van der Waals surface area contributed by atoms with Crippen LogP contribution in [0.15, 0.2) is 42.1 Å². The Hall–Kier alpha value is -1.52. The third-order valence-electron chi connectivity index (χ3n) is 2.54. The molecule has 0 atom stereocenters. The molecule has 18 heavy (non-hydrogen) atoms. The predicted octanol–water partition coefficient (Wildman–Crippen LogP) is 3.46. The van der Waals surface area contributed by atoms with Gasteiger partial charge in [0.2, 0.25) is 0 Å². The molecule has 1 heterocycles. The summed E-state index contributed by atoms with van der Waals surface area (Å²) in [5.41, 5.74) is 1.31. The highest BCUT2D eigenvalue weighted by Crippen LogP contribution is 2.23. The summed E-state index contributed by atoms with van der Waals surface area (Å²) < 4.78 is 1.91. The predicted molar refractivity (Wildman–Crippen MR) is 71.6 cm³/mol. The van der Waals surface area contributed by atoms with E-state index in [-0.39, 0.29) is 0 Å². The first-order valence-corrected chi connectivity index (χ1v) is 6.08. The zero-order valence-corrected chi connectivity index (χ0v) is 10.9. The standard InChI is InChI=1S/C12H11Cl2N3O/c13-10-2-1-9(7-11(10)14)12(16-18)3-5-17-6-4-15-8-17/h1-2,4,6-8,18H,3,5H2. The maximum atomic E-state index is 9.06. The van der Waals surface area contributed by atoms with Crippen LogP contribution in [-0.4, -0.2) is 20.5 Å². The lowest BCUT2D eigenvalue weighted by atomic mass is 10.1. The topological polar surface area (TPSA) is 50.4 Å². The maximum absolute atomic E-state index is 9.06. The summed E-state index contributed by atoms with van der Waals surface area (Å²) in [7, 11) is 0. The Morgan fingerprint density at radius 2 is 2.17 bits per heavy atom. The quantitative estimate of drug-likeness (QED) is 0.531. The van der Waals surface area contributed by atoms with E-state index in [1.165, 1.54) is 0 Å². The summed E-state index contributed by atoms with van der Waals surface area (Å²) in [5.74, 6) is 0. The average molecular weight is 284 g/mol. The molecule has 0 bridgehead atoms. The molecule has 4 nitrogen and oxygen atoms in total. The van der Waals surface area contributed by atoms with E-state index in [0.717, 1.165) is 5.56 Å². The number of halogens is 2. The molecule has 6 heteroatoms. The molecular formula is C12H11Cl2N3O. The van der Waals surface area contributed by atoms with Gasteiger partial charge in [-0.15, -0.1) is 0 Å². The Kier molecular flexibility index (Phi) is 4.23. The van der Waals surface area contributed by atoms with Gasteiger partial charge in [0.1, 0.15) is 0 Å². The van der Waals surface area contributed by atoms with Gasteiger partial charge in [-0.2, -0.15) is 0 Å². The highest BCUT2D eigenvalue weighted by Gasteiger charge is 2.07. The van der Waals surface area contributed by atoms with Gasteiger partial charge in [0.15, 0.2) is 0 Å². The van der Waals surface area contributed by atoms with Gasteiger partial charge in [0, 0.05) is 30.9 Å². The van der Waals surface area contributed by atoms with E-state index in [9.17, 15) is 0 Å². The van der Waals surface area contributed by atoms with Crippen LogP contribution in [0.25, 0.3) is 0 Å². The minimum atomic E-state index is 0.443. The molecule has 0 radical (unpaired) electrons. The van der Waals surface area contributed by atoms with Gasteiger partial charge < -0.3 is 9.77 Å². The fourth-order valence-electron chi connectivity index (χ4n) is 1.58. The smallest absolute Gasteiger partial charge is 0.0946 e. The second kappa shape index (κ2) is 5.89. The molecule has 0 unspecified atom stereocenters. The average Bonchev–Trinajstić information content (AvgIpc) is 2.87. The summed E-state index contributed by atoms with van der Waals surface area (Å²) in [6, 6.07) is 5.14. The summed E-state index contributed by atoms with van der Waals surface area (Å²) in [6.45, 7) is 0.680. The van der Waals surface area contributed by atoms with Crippen LogP contribution in [0.4, 0.5) is 0 Å². The van der Waals surface area contributed by atoms with Gasteiger partial charge in [-0.25, -0.2) is 4.98 Å². The number of hydrogen-bond acceptors (Lipinski definition) is 3. The van der Waals surface area contributed by atoms with E-state index in [2.05, 4.69) is 10.1 Å². The molecule has 0 aliphatic carbocycles. The normalized spacial score (nSPS) is 11.8. The van der Waals surface area contributed by atoms with Crippen molar-refractivity contribution in [3.63, 3.8) is 0 Å². The number of rotatable bonds is 4. The van der Waals surface area contributed by atoms with Crippen LogP contribution in [0, 0.1) is 0 Å². The van der Waals surface area contributed by atoms with Crippen LogP contribution in [0.2, 0.25) is 10.0 Å². The lowest BCUT2D eigenvalue weighted by Crippen LogP contribution is -2.06. The van der Waals surface area contributed by atoms with Crippen molar-refractivity contribution < 1.29 is 5.21 Å². The summed E-state index contributed by atoms with van der Waals surface area (Å²) in [6.07, 6.45) is 5.84. The molecule has 0 saturated carbocycles. The first-order valence-electron chi connectivity index (χ1n) is 5.33. The van der Waals surface area contributed by atoms with E-state index in [4.69, 9.17) is 28.4 Å². The number of aryl methyl sites for hydroxylation is 1. The molecule has 0 saturated heterocycles. The molecule has 2 aromatic rings. The maximum Gasteiger partial charge on any atom is 0.0946 e. The number of hydrogen-bond donors (Lipinski definition) is 1. The Morgan fingerprint density at radius 1 is 1.33 bits per heavy atom. The summed E-state index contributed by atoms with van der Waals surface area (Å²) in [5, 5.41) is 13.3. The Balaban J connectivity index is 2.11. The molecule has 94 valence electrons. The van der Waals surface area contributed by atoms with Gasteiger partial charge in [-0.3, -0.25) is 0 Å². The van der Waals surface area contributed by atoms with Gasteiger partial charge >= 0.3 is 0 Å². The molecule has 1 aromatic carbocycles. The van der Waals surface area contributed by atoms with Crippen LogP contribution in [0.1, 0.15) is 12.0 Å². The number of aromatic nitrogens is 2. The molecule has 0 spiro atoms. The molecule has 1 aromatic heterocycles. The van der Waals surface area contributed by atoms with Crippen molar-refractivity contribution in [2.24, 2.45) is 5.16 Å². The van der Waals surface area contributed by atoms with Crippen molar-refractivity contribution >= 4 is 28.9 Å². The number of imidazole rings is 1. The minimum absolute atomic E-state index is 0.443. The van der Waals surface area contributed by atoms with Crippen molar-refractivity contribution in [1.29, 1.82) is 0 Å². The zero-order valence-electron chi connectivity index (χ0n) is 9.42. The monoisotopic (exact) mass is 283 g/mol. The molecule has 2 rings (SSSR count). The van der Waals surface area contributed by atoms with E-state index in [1.807, 2.05) is 10.8 Å². The van der Waals surface area contributed by atoms with Gasteiger partial charge in [0.05, 0.1) is 22.1 Å². The van der Waals surface area contributed by atoms with Crippen LogP contribution >= 0.6 is 23.2 Å². The van der Waals surface area contributed by atoms with E-state index in [0.29, 0.717) is 28.7 Å². The molecule has 0 fully saturated rings. The van der Waals surface area contributed by atoms with Gasteiger partial charge in [0.25, 0.3) is 0 Å². The van der Waals surface area contributed by atoms with Crippen molar-refractivity contribution in [2.45, 2.75) is 13.0 Å². The molecule has 0 amide bonds. The fourth-order valence-corrected chi connectivity index (χ4v) is 1.88. The Labute approximate surface area is 114 Å². The van der Waals surface area contributed by atoms with Crippen molar-refractivity contribution in [2.75, 3.05) is 0 Å². The lowest BCUT2D eigenvalue weighted by Gasteiger charge is -2.06. The number of oxime groups is 1. The SMILES string of the molecule is ON=C(CCn1ccnc1)c1ccc(Cl)c(Cl)c1. The largest absolute Gasteiger partial charge is 0.411 e. The number of benzene rings is 1. The molecule has 1 N–H and O–H groups in total. The van der Waals surface area contributed by atoms with Crippen molar-refractivity contribution in [1.82, 2.24) is 9.55 Å². The summed E-state index contributed by atoms with van der Waals surface area (Å²) >= 11 is 11.8. The second-order valence-corrected chi connectivity index (χ2v) is 4.54. The minimum Gasteiger partial charge on any atom is -0.411 e. The summed E-state index contributed by atoms with van der Waals surface area (Å²) in [4.78, 5) is 3.95. The van der Waals surface area contributed by atoms with Crippen molar-refractivity contribution in [3.05, 3.63) is 52.5 Å². The van der Waals surface area contributed by atoms with Crippen LogP contribution in [0.5, 0.6) is 0 Å². The van der Waals surface area contributed by atoms with E-state index < -0.39 is 0 Å². The molecule has 0 aliphatic rings. The first kappa shape index (κ1) is 12.9. The third-order valence-corrected chi connectivity index (χ3v) is 3.28. The zero-order chi connectivity index (χ0) is 13.0. The Morgan fingerprint density at radius 3 is 2.78 bits per heavy atom. The van der Waals surface area contributed by atoms with Crippen LogP contribution in [-0.2, 0) is 6.54 Å². The molecular weight excluding hydrogens is 273 g/mol. The van der Waals surface area contributed by atoms with E-state index >= 15 is 0 Å². The van der Waals surface area contributed by atoms with Gasteiger partial charge in [-0.1, -0.05) is 34.4 Å². The van der Waals surface area contributed by atoms with Crippen LogP contribution < -0.4 is 0 Å². The van der Waals surface area contributed by atoms with Crippen molar-refractivity contribution in [3.8, 4) is 0 Å². The van der Waals surface area contributed by atoms with Gasteiger partial charge in [-0.05, 0) is 12.1 Å². The van der Waals surface area contributed by atoms with Crippen LogP contribution in [0.3, 0.4) is 0 Å². The van der Waals surface area contributed by atoms with E-state index in [1.54, 1.807) is 30.7 Å². The lowest BCUT2D eigenvalue weighted by molar-refractivity contribution is 0.317. The highest BCUT2D eigenvalue weighted by atomic mass is 35.5. The second-order valence-electron chi connectivity index (χ2n) is 3.73. The Bertz CT molecular complexity index is 552. The first-order chi connectivity index (χ1) is 8.70. The number of nitrogens with zero attached hydrogens (tertiary/aromatic N) is 3.